The number of hydrogen-bond donors (Lipinski definition) is 1. The Bertz CT molecular complexity index is 400. The van der Waals surface area contributed by atoms with Gasteiger partial charge < -0.3 is 10.1 Å². The summed E-state index contributed by atoms with van der Waals surface area (Å²) in [4.78, 5) is 11.8. The molecule has 0 radical (unpaired) electrons. The Morgan fingerprint density at radius 1 is 1.56 bits per heavy atom. The predicted octanol–water partition coefficient (Wildman–Crippen LogP) is 2.62. The highest BCUT2D eigenvalue weighted by Crippen LogP contribution is 2.22. The van der Waals surface area contributed by atoms with E-state index in [0.29, 0.717) is 18.2 Å². The zero-order valence-electron chi connectivity index (χ0n) is 9.13. The third-order valence-electron chi connectivity index (χ3n) is 2.76. The molecular weight excluding hydrogens is 226 g/mol. The van der Waals surface area contributed by atoms with Gasteiger partial charge in [0, 0.05) is 17.3 Å². The quantitative estimate of drug-likeness (QED) is 0.862. The maximum Gasteiger partial charge on any atom is 0.229 e. The molecule has 1 aliphatic rings. The number of nitrogens with one attached hydrogen (secondary N) is 1. The standard InChI is InChI=1S/C12H14ClNO2/c1-8-2-3-10(13)6-11(8)14-12(15)9-4-5-16-7-9/h2-3,6,9H,4-5,7H2,1H3,(H,14,15). The van der Waals surface area contributed by atoms with Crippen LogP contribution in [0.4, 0.5) is 5.69 Å². The zero-order chi connectivity index (χ0) is 11.5. The van der Waals surface area contributed by atoms with Crippen LogP contribution in [-0.4, -0.2) is 19.1 Å². The van der Waals surface area contributed by atoms with Crippen molar-refractivity contribution >= 4 is 23.2 Å². The van der Waals surface area contributed by atoms with Gasteiger partial charge in [-0.2, -0.15) is 0 Å². The molecule has 1 heterocycles. The lowest BCUT2D eigenvalue weighted by Crippen LogP contribution is -2.23. The summed E-state index contributed by atoms with van der Waals surface area (Å²) >= 11 is 5.88. The van der Waals surface area contributed by atoms with Crippen molar-refractivity contribution < 1.29 is 9.53 Å². The number of amides is 1. The van der Waals surface area contributed by atoms with Gasteiger partial charge in [-0.25, -0.2) is 0 Å². The van der Waals surface area contributed by atoms with Crippen LogP contribution in [0, 0.1) is 12.8 Å². The van der Waals surface area contributed by atoms with Crippen molar-refractivity contribution in [2.24, 2.45) is 5.92 Å². The Balaban J connectivity index is 2.07. The number of ether oxygens (including phenoxy) is 1. The van der Waals surface area contributed by atoms with Gasteiger partial charge >= 0.3 is 0 Å². The van der Waals surface area contributed by atoms with Crippen LogP contribution in [0.5, 0.6) is 0 Å². The lowest BCUT2D eigenvalue weighted by Gasteiger charge is -2.11. The topological polar surface area (TPSA) is 38.3 Å². The third-order valence-corrected chi connectivity index (χ3v) is 2.99. The number of halogens is 1. The average Bonchev–Trinajstić information content (AvgIpc) is 2.76. The molecule has 0 bridgehead atoms. The molecular formula is C12H14ClNO2. The number of aryl methyl sites for hydroxylation is 1. The van der Waals surface area contributed by atoms with Crippen molar-refractivity contribution in [1.29, 1.82) is 0 Å². The molecule has 1 N–H and O–H groups in total. The molecule has 1 aliphatic heterocycles. The van der Waals surface area contributed by atoms with Gasteiger partial charge in [0.15, 0.2) is 0 Å². The van der Waals surface area contributed by atoms with Crippen LogP contribution in [0.2, 0.25) is 5.02 Å². The smallest absolute Gasteiger partial charge is 0.229 e. The highest BCUT2D eigenvalue weighted by molar-refractivity contribution is 6.31. The van der Waals surface area contributed by atoms with Crippen LogP contribution < -0.4 is 5.32 Å². The Morgan fingerprint density at radius 2 is 2.38 bits per heavy atom. The summed E-state index contributed by atoms with van der Waals surface area (Å²) < 4.78 is 5.18. The molecule has 4 heteroatoms. The van der Waals surface area contributed by atoms with Crippen LogP contribution >= 0.6 is 11.6 Å². The largest absolute Gasteiger partial charge is 0.381 e. The predicted molar refractivity (Wildman–Crippen MR) is 63.7 cm³/mol. The van der Waals surface area contributed by atoms with E-state index in [1.54, 1.807) is 6.07 Å². The number of hydrogen-bond acceptors (Lipinski definition) is 2. The van der Waals surface area contributed by atoms with Crippen molar-refractivity contribution in [3.63, 3.8) is 0 Å². The SMILES string of the molecule is Cc1ccc(Cl)cc1NC(=O)C1CCOC1. The minimum atomic E-state index is -0.0293. The summed E-state index contributed by atoms with van der Waals surface area (Å²) in [5.74, 6) is -0.0127. The molecule has 1 amide bonds. The van der Waals surface area contributed by atoms with Crippen LogP contribution in [0.3, 0.4) is 0 Å². The second-order valence-electron chi connectivity index (χ2n) is 4.01. The van der Waals surface area contributed by atoms with Gasteiger partial charge in [-0.05, 0) is 31.0 Å². The molecule has 3 nitrogen and oxygen atoms in total. The first-order valence-corrected chi connectivity index (χ1v) is 5.69. The first-order chi connectivity index (χ1) is 7.66. The van der Waals surface area contributed by atoms with Gasteiger partial charge in [-0.3, -0.25) is 4.79 Å². The molecule has 0 aliphatic carbocycles. The van der Waals surface area contributed by atoms with Crippen molar-refractivity contribution in [3.05, 3.63) is 28.8 Å². The molecule has 1 aromatic carbocycles. The molecule has 2 rings (SSSR count). The van der Waals surface area contributed by atoms with E-state index in [9.17, 15) is 4.79 Å². The van der Waals surface area contributed by atoms with Gasteiger partial charge in [-0.1, -0.05) is 17.7 Å². The summed E-state index contributed by atoms with van der Waals surface area (Å²) in [6.45, 7) is 3.13. The highest BCUT2D eigenvalue weighted by atomic mass is 35.5. The van der Waals surface area contributed by atoms with Crippen molar-refractivity contribution in [2.75, 3.05) is 18.5 Å². The fourth-order valence-electron chi connectivity index (χ4n) is 1.70. The van der Waals surface area contributed by atoms with E-state index in [2.05, 4.69) is 5.32 Å². The highest BCUT2D eigenvalue weighted by Gasteiger charge is 2.23. The Hall–Kier alpha value is -1.06. The van der Waals surface area contributed by atoms with Crippen molar-refractivity contribution in [1.82, 2.24) is 0 Å². The first kappa shape index (κ1) is 11.4. The molecule has 0 spiro atoms. The fourth-order valence-corrected chi connectivity index (χ4v) is 1.88. The van der Waals surface area contributed by atoms with E-state index in [1.165, 1.54) is 0 Å². The van der Waals surface area contributed by atoms with Crippen LogP contribution in [0.15, 0.2) is 18.2 Å². The van der Waals surface area contributed by atoms with E-state index < -0.39 is 0 Å². The molecule has 1 unspecified atom stereocenters. The Labute approximate surface area is 99.7 Å². The molecule has 1 aromatic rings. The van der Waals surface area contributed by atoms with Gasteiger partial charge in [0.2, 0.25) is 5.91 Å². The van der Waals surface area contributed by atoms with Gasteiger partial charge in [-0.15, -0.1) is 0 Å². The van der Waals surface area contributed by atoms with E-state index >= 15 is 0 Å². The molecule has 0 aromatic heterocycles. The number of anilines is 1. The lowest BCUT2D eigenvalue weighted by molar-refractivity contribution is -0.119. The van der Waals surface area contributed by atoms with E-state index in [0.717, 1.165) is 17.7 Å². The summed E-state index contributed by atoms with van der Waals surface area (Å²) in [6.07, 6.45) is 0.797. The second kappa shape index (κ2) is 4.85. The second-order valence-corrected chi connectivity index (χ2v) is 4.45. The summed E-state index contributed by atoms with van der Waals surface area (Å²) in [6, 6.07) is 5.47. The van der Waals surface area contributed by atoms with Gasteiger partial charge in [0.25, 0.3) is 0 Å². The van der Waals surface area contributed by atoms with Crippen LogP contribution in [-0.2, 0) is 9.53 Å². The lowest BCUT2D eigenvalue weighted by atomic mass is 10.1. The average molecular weight is 240 g/mol. The molecule has 86 valence electrons. The summed E-state index contributed by atoms with van der Waals surface area (Å²) in [5.41, 5.74) is 1.79. The monoisotopic (exact) mass is 239 g/mol. The molecule has 1 saturated heterocycles. The minimum absolute atomic E-state index is 0.0165. The number of rotatable bonds is 2. The normalized spacial score (nSPS) is 19.8. The molecule has 1 atom stereocenters. The Morgan fingerprint density at radius 3 is 3.06 bits per heavy atom. The summed E-state index contributed by atoms with van der Waals surface area (Å²) in [5, 5.41) is 3.52. The molecule has 0 saturated carbocycles. The maximum absolute atomic E-state index is 11.8. The van der Waals surface area contributed by atoms with Crippen molar-refractivity contribution in [2.45, 2.75) is 13.3 Å². The van der Waals surface area contributed by atoms with Gasteiger partial charge in [0.05, 0.1) is 12.5 Å². The fraction of sp³-hybridized carbons (Fsp3) is 0.417. The Kier molecular flexibility index (Phi) is 3.46. The van der Waals surface area contributed by atoms with Gasteiger partial charge in [0.1, 0.15) is 0 Å². The van der Waals surface area contributed by atoms with E-state index in [4.69, 9.17) is 16.3 Å². The van der Waals surface area contributed by atoms with E-state index in [1.807, 2.05) is 19.1 Å². The minimum Gasteiger partial charge on any atom is -0.381 e. The van der Waals surface area contributed by atoms with Crippen LogP contribution in [0.1, 0.15) is 12.0 Å². The first-order valence-electron chi connectivity index (χ1n) is 5.31. The number of benzene rings is 1. The zero-order valence-corrected chi connectivity index (χ0v) is 9.88. The number of carbonyl (C=O) groups excluding carboxylic acids is 1. The van der Waals surface area contributed by atoms with E-state index in [-0.39, 0.29) is 11.8 Å². The maximum atomic E-state index is 11.8. The van der Waals surface area contributed by atoms with Crippen LogP contribution in [0.25, 0.3) is 0 Å². The van der Waals surface area contributed by atoms with Crippen molar-refractivity contribution in [3.8, 4) is 0 Å². The molecule has 1 fully saturated rings. The molecule has 16 heavy (non-hydrogen) atoms. The summed E-state index contributed by atoms with van der Waals surface area (Å²) in [7, 11) is 0. The third kappa shape index (κ3) is 2.54. The number of carbonyl (C=O) groups is 1.